The summed E-state index contributed by atoms with van der Waals surface area (Å²) in [6, 6.07) is 6.54. The monoisotopic (exact) mass is 404 g/mol. The molecule has 1 saturated carbocycles. The van der Waals surface area contributed by atoms with Gasteiger partial charge in [-0.1, -0.05) is 43.5 Å². The summed E-state index contributed by atoms with van der Waals surface area (Å²) in [5.74, 6) is -0.112. The summed E-state index contributed by atoms with van der Waals surface area (Å²) >= 11 is 0. The van der Waals surface area contributed by atoms with Crippen LogP contribution in [0.2, 0.25) is 0 Å². The largest absolute Gasteiger partial charge is 0.579 e. The van der Waals surface area contributed by atoms with Gasteiger partial charge in [-0.15, -0.1) is 0 Å². The average molecular weight is 405 g/mol. The highest BCUT2D eigenvalue weighted by molar-refractivity contribution is 5.87. The number of carbonyl (C=O) groups is 1. The second-order valence-electron chi connectivity index (χ2n) is 7.44. The number of hydrogen-bond donors (Lipinski definition) is 0. The summed E-state index contributed by atoms with van der Waals surface area (Å²) in [5.41, 5.74) is 5.76. The molecule has 1 aromatic carbocycles. The Balaban J connectivity index is 1.99. The first-order valence-electron chi connectivity index (χ1n) is 10.3. The minimum atomic E-state index is -0.284. The number of pyridine rings is 1. The van der Waals surface area contributed by atoms with Gasteiger partial charge in [0.25, 0.3) is 0 Å². The van der Waals surface area contributed by atoms with Gasteiger partial charge in [0.05, 0.1) is 11.4 Å². The maximum Gasteiger partial charge on any atom is 0.579 e. The third-order valence-corrected chi connectivity index (χ3v) is 5.27. The standard InChI is InChI=1S/C26H27FNO2/c1-4-21-23(5-2)28-26(19-12-13-19)22(10-8-6-7-9-11-24(29)30-3)25(21)18-14-16-20(27)17-15-18/h4-5,8,10,14-17,19H,1-3,6-7,9,11-13H2/q+1/b10-8+. The molecule has 1 aliphatic rings. The molecule has 0 radical (unpaired) electrons. The molecular weight excluding hydrogens is 377 g/mol. The third-order valence-electron chi connectivity index (χ3n) is 5.27. The van der Waals surface area contributed by atoms with Crippen molar-refractivity contribution in [2.45, 2.75) is 44.4 Å². The molecular formula is C26H27FNO2+. The molecule has 1 fully saturated rings. The molecule has 3 rings (SSSR count). The molecule has 0 amide bonds. The molecule has 3 nitrogen and oxygen atoms in total. The lowest BCUT2D eigenvalue weighted by atomic mass is 9.90. The van der Waals surface area contributed by atoms with Gasteiger partial charge in [0, 0.05) is 27.4 Å². The van der Waals surface area contributed by atoms with Gasteiger partial charge in [-0.3, -0.25) is 9.41 Å². The van der Waals surface area contributed by atoms with Crippen LogP contribution in [-0.2, 0) is 9.22 Å². The fraction of sp³-hybridized carbons (Fsp3) is 0.269. The number of unbranched alkanes of at least 4 members (excludes halogenated alkanes) is 2. The summed E-state index contributed by atoms with van der Waals surface area (Å²) in [4.78, 5) is 16.1. The SMILES string of the molecule is C=Cc1nc(C2CC2)c(/C=C/CCCCC(=O)[O+]=C)c(-c2ccc(F)cc2)c1C=C. The van der Waals surface area contributed by atoms with Crippen molar-refractivity contribution in [2.24, 2.45) is 0 Å². The first-order valence-corrected chi connectivity index (χ1v) is 10.3. The number of nitrogens with zero attached hydrogens (tertiary/aromatic N) is 1. The smallest absolute Gasteiger partial charge is 0.288 e. The Hall–Kier alpha value is -3.14. The lowest BCUT2D eigenvalue weighted by Crippen LogP contribution is -2.02. The summed E-state index contributed by atoms with van der Waals surface area (Å²) in [5, 5.41) is 0. The molecule has 1 aliphatic carbocycles. The van der Waals surface area contributed by atoms with Crippen LogP contribution < -0.4 is 0 Å². The Morgan fingerprint density at radius 1 is 1.13 bits per heavy atom. The lowest BCUT2D eigenvalue weighted by molar-refractivity contribution is -0.369. The zero-order chi connectivity index (χ0) is 21.5. The van der Waals surface area contributed by atoms with Crippen LogP contribution in [0.4, 0.5) is 4.39 Å². The zero-order valence-electron chi connectivity index (χ0n) is 17.2. The predicted molar refractivity (Wildman–Crippen MR) is 121 cm³/mol. The van der Waals surface area contributed by atoms with E-state index in [-0.39, 0.29) is 11.8 Å². The van der Waals surface area contributed by atoms with E-state index in [0.29, 0.717) is 12.3 Å². The molecule has 30 heavy (non-hydrogen) atoms. The van der Waals surface area contributed by atoms with Crippen molar-refractivity contribution in [2.75, 3.05) is 0 Å². The van der Waals surface area contributed by atoms with Crippen LogP contribution >= 0.6 is 0 Å². The van der Waals surface area contributed by atoms with E-state index in [1.54, 1.807) is 24.3 Å². The molecule has 2 aromatic rings. The Morgan fingerprint density at radius 2 is 1.87 bits per heavy atom. The molecule has 0 atom stereocenters. The van der Waals surface area contributed by atoms with Crippen molar-refractivity contribution in [1.82, 2.24) is 4.98 Å². The average Bonchev–Trinajstić information content (AvgIpc) is 3.61. The van der Waals surface area contributed by atoms with Gasteiger partial charge < -0.3 is 0 Å². The van der Waals surface area contributed by atoms with Crippen LogP contribution in [0.5, 0.6) is 0 Å². The maximum absolute atomic E-state index is 13.6. The molecule has 1 aromatic heterocycles. The summed E-state index contributed by atoms with van der Waals surface area (Å²) in [6.45, 7) is 11.0. The second-order valence-corrected chi connectivity index (χ2v) is 7.44. The van der Waals surface area contributed by atoms with Crippen molar-refractivity contribution in [3.05, 3.63) is 71.8 Å². The third kappa shape index (κ3) is 5.07. The van der Waals surface area contributed by atoms with Crippen molar-refractivity contribution in [3.63, 3.8) is 0 Å². The molecule has 0 saturated heterocycles. The Labute approximate surface area is 177 Å². The number of aromatic nitrogens is 1. The quantitative estimate of drug-likeness (QED) is 0.334. The van der Waals surface area contributed by atoms with E-state index in [1.807, 2.05) is 0 Å². The number of allylic oxidation sites excluding steroid dienone is 1. The van der Waals surface area contributed by atoms with Crippen molar-refractivity contribution in [1.29, 1.82) is 0 Å². The normalized spacial score (nSPS) is 13.4. The fourth-order valence-electron chi connectivity index (χ4n) is 3.58. The van der Waals surface area contributed by atoms with Gasteiger partial charge in [-0.05, 0) is 55.9 Å². The van der Waals surface area contributed by atoms with Crippen LogP contribution in [0, 0.1) is 5.82 Å². The molecule has 0 unspecified atom stereocenters. The minimum Gasteiger partial charge on any atom is -0.288 e. The molecule has 1 heterocycles. The van der Waals surface area contributed by atoms with E-state index in [2.05, 4.69) is 36.5 Å². The summed E-state index contributed by atoms with van der Waals surface area (Å²) < 4.78 is 18.0. The van der Waals surface area contributed by atoms with Gasteiger partial charge in [0.15, 0.2) is 6.79 Å². The van der Waals surface area contributed by atoms with Crippen LogP contribution in [0.1, 0.15) is 67.0 Å². The van der Waals surface area contributed by atoms with E-state index >= 15 is 0 Å². The van der Waals surface area contributed by atoms with E-state index < -0.39 is 0 Å². The Kier molecular flexibility index (Phi) is 7.23. The minimum absolute atomic E-state index is 0.266. The molecule has 0 N–H and O–H groups in total. The maximum atomic E-state index is 13.6. The number of carbonyl (C=O) groups excluding carboxylic acids is 2. The van der Waals surface area contributed by atoms with Crippen LogP contribution in [0.15, 0.2) is 43.5 Å². The van der Waals surface area contributed by atoms with Gasteiger partial charge in [-0.25, -0.2) is 4.39 Å². The number of hydrogen-bond acceptors (Lipinski definition) is 2. The number of benzene rings is 1. The fourth-order valence-corrected chi connectivity index (χ4v) is 3.58. The summed E-state index contributed by atoms with van der Waals surface area (Å²) in [7, 11) is 0. The van der Waals surface area contributed by atoms with Gasteiger partial charge in [0.2, 0.25) is 0 Å². The van der Waals surface area contributed by atoms with Gasteiger partial charge in [0.1, 0.15) is 12.2 Å². The first-order chi connectivity index (χ1) is 14.6. The highest BCUT2D eigenvalue weighted by Crippen LogP contribution is 2.45. The topological polar surface area (TPSA) is 41.3 Å². The van der Waals surface area contributed by atoms with Gasteiger partial charge in [-0.2, -0.15) is 0 Å². The van der Waals surface area contributed by atoms with Crippen molar-refractivity contribution < 1.29 is 13.6 Å². The summed E-state index contributed by atoms with van der Waals surface area (Å²) in [6.07, 6.45) is 12.9. The zero-order valence-corrected chi connectivity index (χ0v) is 17.2. The molecule has 0 spiro atoms. The second kappa shape index (κ2) is 10.1. The van der Waals surface area contributed by atoms with E-state index in [9.17, 15) is 9.18 Å². The van der Waals surface area contributed by atoms with E-state index in [1.165, 1.54) is 12.1 Å². The van der Waals surface area contributed by atoms with Crippen LogP contribution in [-0.4, -0.2) is 17.7 Å². The van der Waals surface area contributed by atoms with Crippen molar-refractivity contribution in [3.8, 4) is 11.1 Å². The molecule has 0 bridgehead atoms. The Bertz CT molecular complexity index is 985. The highest BCUT2D eigenvalue weighted by Gasteiger charge is 2.30. The lowest BCUT2D eigenvalue weighted by Gasteiger charge is -2.17. The van der Waals surface area contributed by atoms with Crippen LogP contribution in [0.3, 0.4) is 0 Å². The predicted octanol–water partition coefficient (Wildman–Crippen LogP) is 6.52. The van der Waals surface area contributed by atoms with E-state index in [4.69, 9.17) is 4.98 Å². The number of halogens is 1. The van der Waals surface area contributed by atoms with Gasteiger partial charge >= 0.3 is 5.97 Å². The first kappa shape index (κ1) is 21.6. The molecule has 0 aliphatic heterocycles. The Morgan fingerprint density at radius 3 is 2.47 bits per heavy atom. The highest BCUT2D eigenvalue weighted by atomic mass is 19.1. The van der Waals surface area contributed by atoms with Crippen molar-refractivity contribution >= 4 is 31.0 Å². The van der Waals surface area contributed by atoms with Crippen LogP contribution in [0.25, 0.3) is 29.4 Å². The molecule has 154 valence electrons. The van der Waals surface area contributed by atoms with E-state index in [0.717, 1.165) is 65.7 Å². The number of rotatable bonds is 10. The molecule has 4 heteroatoms.